The Morgan fingerprint density at radius 3 is 2.48 bits per heavy atom. The maximum atomic E-state index is 12.8. The fourth-order valence-corrected chi connectivity index (χ4v) is 3.86. The van der Waals surface area contributed by atoms with Crippen molar-refractivity contribution < 1.29 is 4.79 Å². The van der Waals surface area contributed by atoms with Gasteiger partial charge in [0.25, 0.3) is 0 Å². The van der Waals surface area contributed by atoms with Gasteiger partial charge in [0.15, 0.2) is 0 Å². The first kappa shape index (κ1) is 16.3. The SMILES string of the molecule is CCC(C#N)N1CCN(C(=O)C2CCCCC2(C)C)CC1. The lowest BCUT2D eigenvalue weighted by Crippen LogP contribution is -2.54. The van der Waals surface area contributed by atoms with Crippen molar-refractivity contribution >= 4 is 5.91 Å². The minimum absolute atomic E-state index is 0.00775. The zero-order valence-corrected chi connectivity index (χ0v) is 13.8. The molecule has 1 saturated heterocycles. The topological polar surface area (TPSA) is 47.3 Å². The largest absolute Gasteiger partial charge is 0.340 e. The molecule has 1 saturated carbocycles. The molecule has 0 radical (unpaired) electrons. The summed E-state index contributed by atoms with van der Waals surface area (Å²) in [7, 11) is 0. The van der Waals surface area contributed by atoms with Gasteiger partial charge in [0.1, 0.15) is 0 Å². The molecule has 0 N–H and O–H groups in total. The second kappa shape index (κ2) is 6.79. The van der Waals surface area contributed by atoms with Crippen LogP contribution in [-0.2, 0) is 4.79 Å². The molecule has 21 heavy (non-hydrogen) atoms. The summed E-state index contributed by atoms with van der Waals surface area (Å²) in [5, 5.41) is 9.15. The summed E-state index contributed by atoms with van der Waals surface area (Å²) in [6, 6.07) is 2.37. The van der Waals surface area contributed by atoms with Gasteiger partial charge in [0.2, 0.25) is 5.91 Å². The van der Waals surface area contributed by atoms with E-state index >= 15 is 0 Å². The molecule has 1 aliphatic heterocycles. The Balaban J connectivity index is 1.93. The van der Waals surface area contributed by atoms with E-state index in [4.69, 9.17) is 5.26 Å². The van der Waals surface area contributed by atoms with Crippen molar-refractivity contribution in [3.05, 3.63) is 0 Å². The molecule has 4 nitrogen and oxygen atoms in total. The van der Waals surface area contributed by atoms with Crippen molar-refractivity contribution in [2.45, 2.75) is 58.9 Å². The van der Waals surface area contributed by atoms with Gasteiger partial charge in [-0.1, -0.05) is 33.6 Å². The van der Waals surface area contributed by atoms with Gasteiger partial charge in [-0.25, -0.2) is 0 Å². The maximum Gasteiger partial charge on any atom is 0.226 e. The van der Waals surface area contributed by atoms with E-state index in [2.05, 4.69) is 31.7 Å². The lowest BCUT2D eigenvalue weighted by molar-refractivity contribution is -0.143. The van der Waals surface area contributed by atoms with Crippen LogP contribution < -0.4 is 0 Å². The molecule has 2 aliphatic rings. The van der Waals surface area contributed by atoms with Crippen LogP contribution in [0.25, 0.3) is 0 Å². The molecule has 118 valence electrons. The van der Waals surface area contributed by atoms with Crippen molar-refractivity contribution in [2.24, 2.45) is 11.3 Å². The van der Waals surface area contributed by atoms with E-state index in [-0.39, 0.29) is 17.4 Å². The Hall–Kier alpha value is -1.08. The Morgan fingerprint density at radius 1 is 1.29 bits per heavy atom. The molecule has 1 heterocycles. The number of nitriles is 1. The van der Waals surface area contributed by atoms with Gasteiger partial charge in [-0.15, -0.1) is 0 Å². The molecule has 4 heteroatoms. The van der Waals surface area contributed by atoms with Gasteiger partial charge < -0.3 is 4.90 Å². The van der Waals surface area contributed by atoms with Crippen LogP contribution in [0.1, 0.15) is 52.9 Å². The van der Waals surface area contributed by atoms with Crippen molar-refractivity contribution in [3.8, 4) is 6.07 Å². The van der Waals surface area contributed by atoms with Crippen LogP contribution in [0.2, 0.25) is 0 Å². The Labute approximate surface area is 129 Å². The fraction of sp³-hybridized carbons (Fsp3) is 0.882. The monoisotopic (exact) mass is 291 g/mol. The summed E-state index contributed by atoms with van der Waals surface area (Å²) < 4.78 is 0. The molecule has 0 aromatic rings. The van der Waals surface area contributed by atoms with Crippen LogP contribution in [0.3, 0.4) is 0 Å². The minimum atomic E-state index is 0.00775. The number of amides is 1. The summed E-state index contributed by atoms with van der Waals surface area (Å²) in [5.74, 6) is 0.542. The second-order valence-electron chi connectivity index (χ2n) is 7.20. The highest BCUT2D eigenvalue weighted by Crippen LogP contribution is 2.41. The van der Waals surface area contributed by atoms with Gasteiger partial charge in [0, 0.05) is 32.1 Å². The van der Waals surface area contributed by atoms with E-state index in [0.29, 0.717) is 5.91 Å². The number of nitrogens with zero attached hydrogens (tertiary/aromatic N) is 3. The predicted molar refractivity (Wildman–Crippen MR) is 83.6 cm³/mol. The predicted octanol–water partition coefficient (Wildman–Crippen LogP) is 2.65. The standard InChI is InChI=1S/C17H29N3O/c1-4-14(13-18)19-9-11-20(12-10-19)16(21)15-7-5-6-8-17(15,2)3/h14-15H,4-12H2,1-3H3. The lowest BCUT2D eigenvalue weighted by Gasteiger charge is -2.43. The summed E-state index contributed by atoms with van der Waals surface area (Å²) in [6.45, 7) is 9.78. The van der Waals surface area contributed by atoms with Crippen LogP contribution in [0.5, 0.6) is 0 Å². The summed E-state index contributed by atoms with van der Waals surface area (Å²) in [6.07, 6.45) is 5.51. The van der Waals surface area contributed by atoms with E-state index < -0.39 is 0 Å². The second-order valence-corrected chi connectivity index (χ2v) is 7.20. The zero-order valence-electron chi connectivity index (χ0n) is 13.8. The molecular formula is C17H29N3O. The third-order valence-corrected chi connectivity index (χ3v) is 5.41. The first-order valence-electron chi connectivity index (χ1n) is 8.42. The van der Waals surface area contributed by atoms with Gasteiger partial charge in [0.05, 0.1) is 12.1 Å². The Morgan fingerprint density at radius 2 is 1.95 bits per heavy atom. The highest BCUT2D eigenvalue weighted by molar-refractivity contribution is 5.79. The van der Waals surface area contributed by atoms with Crippen LogP contribution >= 0.6 is 0 Å². The van der Waals surface area contributed by atoms with Crippen molar-refractivity contribution in [1.82, 2.24) is 9.80 Å². The lowest BCUT2D eigenvalue weighted by atomic mass is 9.68. The van der Waals surface area contributed by atoms with Crippen LogP contribution in [0, 0.1) is 22.7 Å². The van der Waals surface area contributed by atoms with Crippen molar-refractivity contribution in [2.75, 3.05) is 26.2 Å². The van der Waals surface area contributed by atoms with E-state index in [9.17, 15) is 4.79 Å². The van der Waals surface area contributed by atoms with Gasteiger partial charge in [-0.05, 0) is 24.7 Å². The molecule has 0 aromatic heterocycles. The van der Waals surface area contributed by atoms with Gasteiger partial charge in [-0.2, -0.15) is 5.26 Å². The Kier molecular flexibility index (Phi) is 5.27. The Bertz CT molecular complexity index is 405. The summed E-state index contributed by atoms with van der Waals surface area (Å²) in [5.41, 5.74) is 0.144. The molecule has 0 spiro atoms. The first-order valence-corrected chi connectivity index (χ1v) is 8.42. The number of hydrogen-bond acceptors (Lipinski definition) is 3. The van der Waals surface area contributed by atoms with E-state index in [1.807, 2.05) is 4.90 Å². The highest BCUT2D eigenvalue weighted by atomic mass is 16.2. The van der Waals surface area contributed by atoms with Crippen LogP contribution in [-0.4, -0.2) is 47.9 Å². The van der Waals surface area contributed by atoms with E-state index in [1.54, 1.807) is 0 Å². The molecule has 2 fully saturated rings. The zero-order chi connectivity index (χ0) is 15.5. The molecule has 1 aliphatic carbocycles. The number of carbonyl (C=O) groups excluding carboxylic acids is 1. The molecular weight excluding hydrogens is 262 g/mol. The normalized spacial score (nSPS) is 27.9. The molecule has 0 bridgehead atoms. The van der Waals surface area contributed by atoms with E-state index in [0.717, 1.165) is 45.4 Å². The average molecular weight is 291 g/mol. The average Bonchev–Trinajstić information content (AvgIpc) is 2.48. The van der Waals surface area contributed by atoms with E-state index in [1.165, 1.54) is 12.8 Å². The first-order chi connectivity index (χ1) is 9.99. The number of piperazine rings is 1. The molecule has 0 aromatic carbocycles. The molecule has 1 amide bonds. The molecule has 2 atom stereocenters. The smallest absolute Gasteiger partial charge is 0.226 e. The highest BCUT2D eigenvalue weighted by Gasteiger charge is 2.39. The molecule has 2 unspecified atom stereocenters. The summed E-state index contributed by atoms with van der Waals surface area (Å²) in [4.78, 5) is 17.1. The van der Waals surface area contributed by atoms with Crippen LogP contribution in [0.15, 0.2) is 0 Å². The number of carbonyl (C=O) groups is 1. The molecule has 2 rings (SSSR count). The van der Waals surface area contributed by atoms with Gasteiger partial charge in [-0.3, -0.25) is 9.69 Å². The third-order valence-electron chi connectivity index (χ3n) is 5.41. The maximum absolute atomic E-state index is 12.8. The third kappa shape index (κ3) is 3.58. The minimum Gasteiger partial charge on any atom is -0.340 e. The summed E-state index contributed by atoms with van der Waals surface area (Å²) >= 11 is 0. The number of rotatable bonds is 3. The van der Waals surface area contributed by atoms with Crippen LogP contribution in [0.4, 0.5) is 0 Å². The van der Waals surface area contributed by atoms with Crippen molar-refractivity contribution in [1.29, 1.82) is 5.26 Å². The fourth-order valence-electron chi connectivity index (χ4n) is 3.86. The van der Waals surface area contributed by atoms with Gasteiger partial charge >= 0.3 is 0 Å². The van der Waals surface area contributed by atoms with Crippen molar-refractivity contribution in [3.63, 3.8) is 0 Å². The number of hydrogen-bond donors (Lipinski definition) is 0. The quantitative estimate of drug-likeness (QED) is 0.803.